The highest BCUT2D eigenvalue weighted by molar-refractivity contribution is 5.74. The molecule has 1 aliphatic carbocycles. The normalized spacial score (nSPS) is 16.0. The average Bonchev–Trinajstić information content (AvgIpc) is 3.47. The van der Waals surface area contributed by atoms with Crippen LogP contribution < -0.4 is 5.32 Å². The smallest absolute Gasteiger partial charge is 0.200 e. The van der Waals surface area contributed by atoms with Crippen molar-refractivity contribution in [3.63, 3.8) is 0 Å². The van der Waals surface area contributed by atoms with Gasteiger partial charge in [0.2, 0.25) is 0 Å². The second-order valence-corrected chi connectivity index (χ2v) is 8.20. The van der Waals surface area contributed by atoms with E-state index in [-0.39, 0.29) is 0 Å². The Morgan fingerprint density at radius 3 is 2.94 bits per heavy atom. The molecule has 3 heterocycles. The van der Waals surface area contributed by atoms with Gasteiger partial charge in [-0.2, -0.15) is 0 Å². The second-order valence-electron chi connectivity index (χ2n) is 8.20. The monoisotopic (exact) mass is 415 g/mol. The summed E-state index contributed by atoms with van der Waals surface area (Å²) >= 11 is 0. The fraction of sp³-hybridized carbons (Fsp3) is 0.375. The molecule has 5 rings (SSSR count). The van der Waals surface area contributed by atoms with Gasteiger partial charge in [0.25, 0.3) is 0 Å². The molecule has 31 heavy (non-hydrogen) atoms. The summed E-state index contributed by atoms with van der Waals surface area (Å²) in [4.78, 5) is 23.0. The molecule has 7 nitrogen and oxygen atoms in total. The molecule has 0 saturated heterocycles. The van der Waals surface area contributed by atoms with Gasteiger partial charge in [0.05, 0.1) is 29.3 Å². The number of anilines is 1. The Bertz CT molecular complexity index is 1070. The van der Waals surface area contributed by atoms with Crippen LogP contribution in [0.4, 0.5) is 5.95 Å². The lowest BCUT2D eigenvalue weighted by atomic mass is 9.90. The number of imidazole rings is 2. The van der Waals surface area contributed by atoms with E-state index in [1.165, 1.54) is 17.7 Å². The zero-order valence-corrected chi connectivity index (χ0v) is 17.7. The molecule has 0 aliphatic heterocycles. The summed E-state index contributed by atoms with van der Waals surface area (Å²) in [6.07, 6.45) is 11.2. The van der Waals surface area contributed by atoms with Crippen LogP contribution in [0.2, 0.25) is 0 Å². The lowest BCUT2D eigenvalue weighted by Crippen LogP contribution is -2.33. The Kier molecular flexibility index (Phi) is 5.93. The number of fused-ring (bicyclic) bond motifs is 2. The van der Waals surface area contributed by atoms with Gasteiger partial charge in [-0.1, -0.05) is 18.2 Å². The van der Waals surface area contributed by atoms with E-state index in [4.69, 9.17) is 9.97 Å². The molecule has 0 amide bonds. The number of nitrogens with one attached hydrogen (secondary N) is 3. The number of hydrogen-bond acceptors (Lipinski definition) is 5. The van der Waals surface area contributed by atoms with Crippen molar-refractivity contribution in [3.8, 4) is 0 Å². The Balaban J connectivity index is 1.30. The van der Waals surface area contributed by atoms with Crippen molar-refractivity contribution < 1.29 is 0 Å². The van der Waals surface area contributed by atoms with Crippen molar-refractivity contribution in [3.05, 3.63) is 72.1 Å². The second kappa shape index (κ2) is 9.31. The number of aromatic amines is 2. The molecule has 3 aromatic heterocycles. The van der Waals surface area contributed by atoms with E-state index >= 15 is 0 Å². The fourth-order valence-electron chi connectivity index (χ4n) is 4.57. The predicted octanol–water partition coefficient (Wildman–Crippen LogP) is 4.45. The first-order valence-electron chi connectivity index (χ1n) is 11.2. The molecule has 3 N–H and O–H groups in total. The van der Waals surface area contributed by atoms with Gasteiger partial charge in [-0.3, -0.25) is 9.88 Å². The number of aromatic nitrogens is 5. The molecule has 1 unspecified atom stereocenters. The highest BCUT2D eigenvalue weighted by atomic mass is 15.2. The molecule has 1 atom stereocenters. The zero-order chi connectivity index (χ0) is 20.9. The largest absolute Gasteiger partial charge is 0.356 e. The predicted molar refractivity (Wildman–Crippen MR) is 123 cm³/mol. The number of nitrogens with zero attached hydrogens (tertiary/aromatic N) is 4. The number of pyridine rings is 1. The lowest BCUT2D eigenvalue weighted by molar-refractivity contribution is 0.159. The average molecular weight is 416 g/mol. The number of rotatable bonds is 9. The van der Waals surface area contributed by atoms with Crippen LogP contribution in [-0.4, -0.2) is 42.9 Å². The van der Waals surface area contributed by atoms with Gasteiger partial charge in [0.15, 0.2) is 5.95 Å². The molecule has 0 bridgehead atoms. The maximum atomic E-state index is 4.84. The number of benzene rings is 1. The first kappa shape index (κ1) is 19.8. The summed E-state index contributed by atoms with van der Waals surface area (Å²) in [6, 6.07) is 12.9. The zero-order valence-electron chi connectivity index (χ0n) is 17.7. The minimum absolute atomic E-state index is 0.344. The Morgan fingerprint density at radius 1 is 1.06 bits per heavy atom. The summed E-state index contributed by atoms with van der Waals surface area (Å²) < 4.78 is 0. The molecule has 1 aromatic carbocycles. The lowest BCUT2D eigenvalue weighted by Gasteiger charge is -2.34. The van der Waals surface area contributed by atoms with Gasteiger partial charge in [0.1, 0.15) is 5.82 Å². The number of aryl methyl sites for hydroxylation is 1. The Morgan fingerprint density at radius 2 is 2.03 bits per heavy atom. The molecular formula is C24H29N7. The van der Waals surface area contributed by atoms with E-state index in [0.29, 0.717) is 6.04 Å². The third-order valence-corrected chi connectivity index (χ3v) is 6.06. The molecule has 1 aliphatic rings. The van der Waals surface area contributed by atoms with Gasteiger partial charge in [-0.15, -0.1) is 0 Å². The third kappa shape index (κ3) is 4.61. The third-order valence-electron chi connectivity index (χ3n) is 6.06. The molecule has 0 saturated carbocycles. The molecule has 0 radical (unpaired) electrons. The first-order chi connectivity index (χ1) is 15.4. The quantitative estimate of drug-likeness (QED) is 0.352. The van der Waals surface area contributed by atoms with E-state index < -0.39 is 0 Å². The first-order valence-corrected chi connectivity index (χ1v) is 11.2. The standard InChI is InChI=1S/C24H29N7/c1-2-10-20-19(9-1)29-22(30-20)17-31(16-4-3-12-26-24-27-14-15-28-24)21-11-5-7-18-8-6-13-25-23(18)21/h1-2,6,8-10,13-15,21H,3-5,7,11-12,16-17H2,(H,29,30)(H2,26,27,28). The molecular weight excluding hydrogens is 386 g/mol. The number of hydrogen-bond donors (Lipinski definition) is 3. The van der Waals surface area contributed by atoms with Crippen LogP contribution in [0.25, 0.3) is 11.0 Å². The van der Waals surface area contributed by atoms with Gasteiger partial charge in [-0.25, -0.2) is 9.97 Å². The number of H-pyrrole nitrogens is 2. The van der Waals surface area contributed by atoms with E-state index in [0.717, 1.165) is 68.1 Å². The summed E-state index contributed by atoms with van der Waals surface area (Å²) in [6.45, 7) is 2.73. The van der Waals surface area contributed by atoms with Crippen molar-refractivity contribution >= 4 is 17.0 Å². The van der Waals surface area contributed by atoms with Crippen LogP contribution >= 0.6 is 0 Å². The van der Waals surface area contributed by atoms with E-state index in [9.17, 15) is 0 Å². The van der Waals surface area contributed by atoms with Crippen molar-refractivity contribution in [2.24, 2.45) is 0 Å². The van der Waals surface area contributed by atoms with Crippen LogP contribution in [0.5, 0.6) is 0 Å². The van der Waals surface area contributed by atoms with Crippen molar-refractivity contribution in [1.82, 2.24) is 29.8 Å². The fourth-order valence-corrected chi connectivity index (χ4v) is 4.57. The number of para-hydroxylation sites is 2. The summed E-state index contributed by atoms with van der Waals surface area (Å²) in [7, 11) is 0. The van der Waals surface area contributed by atoms with Crippen LogP contribution in [0.3, 0.4) is 0 Å². The topological polar surface area (TPSA) is 85.5 Å². The van der Waals surface area contributed by atoms with Crippen LogP contribution in [0, 0.1) is 0 Å². The molecule has 4 aromatic rings. The minimum Gasteiger partial charge on any atom is -0.356 e. The number of unbranched alkanes of at least 4 members (excludes halogenated alkanes) is 1. The van der Waals surface area contributed by atoms with Gasteiger partial charge in [0, 0.05) is 25.1 Å². The van der Waals surface area contributed by atoms with E-state index in [2.05, 4.69) is 55.5 Å². The maximum absolute atomic E-state index is 4.84. The van der Waals surface area contributed by atoms with Gasteiger partial charge >= 0.3 is 0 Å². The van der Waals surface area contributed by atoms with Gasteiger partial charge in [-0.05, 0) is 62.4 Å². The Hall–Kier alpha value is -3.19. The van der Waals surface area contributed by atoms with Crippen molar-refractivity contribution in [2.75, 3.05) is 18.4 Å². The van der Waals surface area contributed by atoms with Crippen molar-refractivity contribution in [1.29, 1.82) is 0 Å². The van der Waals surface area contributed by atoms with E-state index in [1.807, 2.05) is 18.5 Å². The van der Waals surface area contributed by atoms with Crippen LogP contribution in [-0.2, 0) is 13.0 Å². The SMILES string of the molecule is c1cnc2c(c1)CCCC2N(CCCCNc1ncc[nH]1)Cc1nc2ccccc2[nH]1. The van der Waals surface area contributed by atoms with E-state index in [1.54, 1.807) is 6.20 Å². The van der Waals surface area contributed by atoms with Crippen molar-refractivity contribution in [2.45, 2.75) is 44.7 Å². The van der Waals surface area contributed by atoms with Gasteiger partial charge < -0.3 is 15.3 Å². The minimum atomic E-state index is 0.344. The highest BCUT2D eigenvalue weighted by Gasteiger charge is 2.27. The summed E-state index contributed by atoms with van der Waals surface area (Å²) in [5.41, 5.74) is 4.77. The van der Waals surface area contributed by atoms with Crippen LogP contribution in [0.15, 0.2) is 55.0 Å². The maximum Gasteiger partial charge on any atom is 0.200 e. The molecule has 7 heteroatoms. The molecule has 0 spiro atoms. The Labute approximate surface area is 182 Å². The molecule has 160 valence electrons. The summed E-state index contributed by atoms with van der Waals surface area (Å²) in [5.74, 6) is 1.86. The van der Waals surface area contributed by atoms with Crippen LogP contribution in [0.1, 0.15) is 48.8 Å². The molecule has 0 fully saturated rings. The highest BCUT2D eigenvalue weighted by Crippen LogP contribution is 2.33. The summed E-state index contributed by atoms with van der Waals surface area (Å²) in [5, 5.41) is 3.34.